The molecule has 0 fully saturated rings. The van der Waals surface area contributed by atoms with Crippen LogP contribution in [0.1, 0.15) is 43.8 Å². The average molecular weight is 464 g/mol. The molecule has 0 atom stereocenters. The fourth-order valence-electron chi connectivity index (χ4n) is 3.02. The molecule has 0 saturated heterocycles. The minimum Gasteiger partial charge on any atom is -0.478 e. The fraction of sp³-hybridized carbons (Fsp3) is 0.167. The van der Waals surface area contributed by atoms with Crippen molar-refractivity contribution < 1.29 is 28.6 Å². The van der Waals surface area contributed by atoms with Crippen LogP contribution in [0.25, 0.3) is 17.4 Å². The van der Waals surface area contributed by atoms with Gasteiger partial charge in [-0.05, 0) is 50.6 Å². The minimum atomic E-state index is -1.06. The quantitative estimate of drug-likeness (QED) is 0.284. The second-order valence-electron chi connectivity index (χ2n) is 6.92. The third-order valence-electron chi connectivity index (χ3n) is 4.76. The van der Waals surface area contributed by atoms with Crippen LogP contribution in [-0.2, 0) is 9.53 Å². The summed E-state index contributed by atoms with van der Waals surface area (Å²) in [6.07, 6.45) is 1.28. The Morgan fingerprint density at radius 2 is 2.00 bits per heavy atom. The number of carbonyl (C=O) groups excluding carboxylic acids is 2. The van der Waals surface area contributed by atoms with E-state index in [0.29, 0.717) is 21.9 Å². The molecule has 0 spiro atoms. The first-order valence-electron chi connectivity index (χ1n) is 9.89. The van der Waals surface area contributed by atoms with E-state index in [2.05, 4.69) is 5.32 Å². The molecule has 1 aromatic carbocycles. The second-order valence-corrected chi connectivity index (χ2v) is 8.14. The Hall–Kier alpha value is -4.16. The Morgan fingerprint density at radius 3 is 2.67 bits per heavy atom. The van der Waals surface area contributed by atoms with E-state index in [-0.39, 0.29) is 29.1 Å². The zero-order valence-corrected chi connectivity index (χ0v) is 18.9. The van der Waals surface area contributed by atoms with Gasteiger partial charge < -0.3 is 19.6 Å². The normalized spacial score (nSPS) is 11.0. The number of amides is 1. The number of furan rings is 1. The number of carboxylic acids is 1. The molecule has 2 heterocycles. The first-order chi connectivity index (χ1) is 15.7. The van der Waals surface area contributed by atoms with Gasteiger partial charge in [-0.15, -0.1) is 11.3 Å². The predicted octanol–water partition coefficient (Wildman–Crippen LogP) is 5.05. The van der Waals surface area contributed by atoms with E-state index < -0.39 is 17.8 Å². The number of ether oxygens (including phenoxy) is 1. The highest BCUT2D eigenvalue weighted by molar-refractivity contribution is 7.16. The molecule has 8 nitrogen and oxygen atoms in total. The molecule has 1 amide bonds. The molecule has 0 aliphatic rings. The van der Waals surface area contributed by atoms with Gasteiger partial charge >= 0.3 is 11.9 Å². The van der Waals surface area contributed by atoms with Crippen LogP contribution in [0.4, 0.5) is 5.00 Å². The first kappa shape index (κ1) is 23.5. The summed E-state index contributed by atoms with van der Waals surface area (Å²) < 4.78 is 10.8. The molecule has 33 heavy (non-hydrogen) atoms. The van der Waals surface area contributed by atoms with Crippen molar-refractivity contribution in [3.8, 4) is 17.4 Å². The number of nitriles is 1. The van der Waals surface area contributed by atoms with E-state index in [1.807, 2.05) is 13.0 Å². The Kier molecular flexibility index (Phi) is 7.10. The van der Waals surface area contributed by atoms with Crippen molar-refractivity contribution in [3.63, 3.8) is 0 Å². The number of carboxylic acid groups (broad SMARTS) is 1. The van der Waals surface area contributed by atoms with Crippen LogP contribution in [0.5, 0.6) is 0 Å². The summed E-state index contributed by atoms with van der Waals surface area (Å²) in [6.45, 7) is 5.47. The lowest BCUT2D eigenvalue weighted by atomic mass is 10.1. The molecule has 0 aliphatic carbocycles. The van der Waals surface area contributed by atoms with E-state index >= 15 is 0 Å². The molecule has 3 aromatic rings. The lowest BCUT2D eigenvalue weighted by molar-refractivity contribution is -0.112. The van der Waals surface area contributed by atoms with Crippen molar-refractivity contribution in [1.82, 2.24) is 0 Å². The summed E-state index contributed by atoms with van der Waals surface area (Å²) in [6, 6.07) is 11.2. The summed E-state index contributed by atoms with van der Waals surface area (Å²) in [5.41, 5.74) is 1.39. The molecule has 0 aliphatic heterocycles. The zero-order chi connectivity index (χ0) is 24.1. The van der Waals surface area contributed by atoms with Gasteiger partial charge in [0.15, 0.2) is 0 Å². The van der Waals surface area contributed by atoms with E-state index in [4.69, 9.17) is 14.3 Å². The maximum atomic E-state index is 12.7. The molecule has 168 valence electrons. The fourth-order valence-corrected chi connectivity index (χ4v) is 4.06. The summed E-state index contributed by atoms with van der Waals surface area (Å²) >= 11 is 1.22. The Balaban J connectivity index is 1.86. The number of esters is 1. The third kappa shape index (κ3) is 5.19. The highest BCUT2D eigenvalue weighted by atomic mass is 32.1. The number of aromatic carboxylic acids is 1. The van der Waals surface area contributed by atoms with Gasteiger partial charge in [0.05, 0.1) is 17.7 Å². The number of carbonyl (C=O) groups is 3. The molecule has 0 saturated carbocycles. The van der Waals surface area contributed by atoms with Gasteiger partial charge in [0.2, 0.25) is 0 Å². The topological polar surface area (TPSA) is 130 Å². The van der Waals surface area contributed by atoms with Crippen LogP contribution in [-0.4, -0.2) is 29.6 Å². The lowest BCUT2D eigenvalue weighted by Crippen LogP contribution is -2.16. The van der Waals surface area contributed by atoms with Crippen molar-refractivity contribution >= 4 is 40.3 Å². The van der Waals surface area contributed by atoms with Crippen molar-refractivity contribution in [2.75, 3.05) is 11.9 Å². The summed E-state index contributed by atoms with van der Waals surface area (Å²) in [7, 11) is 0. The van der Waals surface area contributed by atoms with Gasteiger partial charge in [0.25, 0.3) is 5.91 Å². The van der Waals surface area contributed by atoms with Crippen molar-refractivity contribution in [2.45, 2.75) is 20.8 Å². The number of thiophene rings is 1. The SMILES string of the molecule is CCOC(=O)c1c(NC(=O)C(C#N)=Cc2ccc(-c3cccc(C(=O)O)c3)o2)sc(C)c1C. The maximum absolute atomic E-state index is 12.7. The van der Waals surface area contributed by atoms with Crippen LogP contribution >= 0.6 is 11.3 Å². The summed E-state index contributed by atoms with van der Waals surface area (Å²) in [5.74, 6) is -1.68. The Morgan fingerprint density at radius 1 is 1.24 bits per heavy atom. The maximum Gasteiger partial charge on any atom is 0.341 e. The predicted molar refractivity (Wildman–Crippen MR) is 123 cm³/mol. The number of nitrogens with one attached hydrogen (secondary N) is 1. The van der Waals surface area contributed by atoms with E-state index in [1.54, 1.807) is 38.1 Å². The molecule has 0 bridgehead atoms. The number of hydrogen-bond donors (Lipinski definition) is 2. The van der Waals surface area contributed by atoms with Gasteiger partial charge in [0.1, 0.15) is 28.2 Å². The molecule has 0 radical (unpaired) electrons. The molecule has 9 heteroatoms. The molecular weight excluding hydrogens is 444 g/mol. The molecular formula is C24H20N2O6S. The van der Waals surface area contributed by atoms with E-state index in [1.165, 1.54) is 29.5 Å². The zero-order valence-electron chi connectivity index (χ0n) is 18.1. The Bertz CT molecular complexity index is 1310. The Labute approximate surface area is 193 Å². The minimum absolute atomic E-state index is 0.108. The number of benzene rings is 1. The first-order valence-corrected chi connectivity index (χ1v) is 10.7. The van der Waals surface area contributed by atoms with Crippen LogP contribution in [0.2, 0.25) is 0 Å². The molecule has 2 aromatic heterocycles. The van der Waals surface area contributed by atoms with Gasteiger partial charge in [-0.25, -0.2) is 9.59 Å². The lowest BCUT2D eigenvalue weighted by Gasteiger charge is -2.06. The summed E-state index contributed by atoms with van der Waals surface area (Å²) in [4.78, 5) is 37.1. The molecule has 2 N–H and O–H groups in total. The number of nitrogens with zero attached hydrogens (tertiary/aromatic N) is 1. The standard InChI is InChI=1S/C24H20N2O6S/c1-4-31-24(30)20-13(2)14(3)33-22(20)26-21(27)17(12-25)11-18-8-9-19(32-18)15-6-5-7-16(10-15)23(28)29/h5-11H,4H2,1-3H3,(H,26,27)(H,28,29). The van der Waals surface area contributed by atoms with Crippen LogP contribution < -0.4 is 5.32 Å². The average Bonchev–Trinajstić information content (AvgIpc) is 3.36. The monoisotopic (exact) mass is 464 g/mol. The van der Waals surface area contributed by atoms with Crippen molar-refractivity contribution in [3.05, 3.63) is 69.3 Å². The largest absolute Gasteiger partial charge is 0.478 e. The molecule has 0 unspecified atom stereocenters. The van der Waals surface area contributed by atoms with E-state index in [0.717, 1.165) is 4.88 Å². The van der Waals surface area contributed by atoms with Crippen molar-refractivity contribution in [1.29, 1.82) is 5.26 Å². The van der Waals surface area contributed by atoms with Crippen LogP contribution in [0.15, 0.2) is 46.4 Å². The molecule has 3 rings (SSSR count). The van der Waals surface area contributed by atoms with Gasteiger partial charge in [0, 0.05) is 16.5 Å². The summed E-state index contributed by atoms with van der Waals surface area (Å²) in [5, 5.41) is 21.6. The highest BCUT2D eigenvalue weighted by Crippen LogP contribution is 2.33. The van der Waals surface area contributed by atoms with Gasteiger partial charge in [-0.2, -0.15) is 5.26 Å². The number of rotatable bonds is 7. The third-order valence-corrected chi connectivity index (χ3v) is 5.89. The van der Waals surface area contributed by atoms with Crippen LogP contribution in [0.3, 0.4) is 0 Å². The van der Waals surface area contributed by atoms with E-state index in [9.17, 15) is 19.6 Å². The van der Waals surface area contributed by atoms with Crippen LogP contribution in [0, 0.1) is 25.2 Å². The number of hydrogen-bond acceptors (Lipinski definition) is 7. The van der Waals surface area contributed by atoms with Crippen molar-refractivity contribution in [2.24, 2.45) is 0 Å². The number of anilines is 1. The number of aryl methyl sites for hydroxylation is 1. The second kappa shape index (κ2) is 9.97. The smallest absolute Gasteiger partial charge is 0.341 e. The highest BCUT2D eigenvalue weighted by Gasteiger charge is 2.23. The van der Waals surface area contributed by atoms with Gasteiger partial charge in [-0.3, -0.25) is 4.79 Å². The van der Waals surface area contributed by atoms with Gasteiger partial charge in [-0.1, -0.05) is 12.1 Å².